The summed E-state index contributed by atoms with van der Waals surface area (Å²) in [6.45, 7) is 7.75. The molecular weight excluding hydrogens is 409 g/mol. The van der Waals surface area contributed by atoms with E-state index >= 15 is 0 Å². The van der Waals surface area contributed by atoms with Gasteiger partial charge in [-0.15, -0.1) is 0 Å². The topological polar surface area (TPSA) is 57.1 Å². The average molecular weight is 445 g/mol. The summed E-state index contributed by atoms with van der Waals surface area (Å²) >= 11 is 0. The van der Waals surface area contributed by atoms with E-state index in [9.17, 15) is 0 Å². The van der Waals surface area contributed by atoms with Crippen molar-refractivity contribution in [3.05, 3.63) is 84.7 Å². The van der Waals surface area contributed by atoms with Gasteiger partial charge in [0.15, 0.2) is 17.5 Å². The van der Waals surface area contributed by atoms with Crippen LogP contribution in [0.3, 0.4) is 0 Å². The molecule has 1 aliphatic heterocycles. The monoisotopic (exact) mass is 445 g/mol. The molecule has 0 unspecified atom stereocenters. The third-order valence-electron chi connectivity index (χ3n) is 5.78. The molecule has 33 heavy (non-hydrogen) atoms. The van der Waals surface area contributed by atoms with Crippen molar-refractivity contribution in [1.82, 2.24) is 15.0 Å². The van der Waals surface area contributed by atoms with Crippen LogP contribution in [0.2, 0.25) is 0 Å². The smallest absolute Gasteiger partial charge is 0.399 e. The fraction of sp³-hybridized carbons (Fsp3) is 0.222. The van der Waals surface area contributed by atoms with E-state index in [1.165, 1.54) is 0 Å². The van der Waals surface area contributed by atoms with Crippen LogP contribution in [0.15, 0.2) is 84.7 Å². The minimum atomic E-state index is -0.638. The summed E-state index contributed by atoms with van der Waals surface area (Å²) in [6.07, 6.45) is 0. The zero-order valence-electron chi connectivity index (χ0n) is 28.5. The van der Waals surface area contributed by atoms with Crippen molar-refractivity contribution in [1.29, 1.82) is 0 Å². The highest BCUT2D eigenvalue weighted by atomic mass is 16.7. The Morgan fingerprint density at radius 3 is 1.42 bits per heavy atom. The van der Waals surface area contributed by atoms with Gasteiger partial charge < -0.3 is 9.31 Å². The maximum atomic E-state index is 8.43. The van der Waals surface area contributed by atoms with Gasteiger partial charge in [0, 0.05) is 16.7 Å². The van der Waals surface area contributed by atoms with Gasteiger partial charge in [-0.2, -0.15) is 0 Å². The number of rotatable bonds is 4. The molecule has 5 nitrogen and oxygen atoms in total. The van der Waals surface area contributed by atoms with Crippen molar-refractivity contribution in [2.45, 2.75) is 38.9 Å². The standard InChI is InChI=1S/C27H26BN3O2/c1-26(2)27(3,4)33-28(32-26)22-17-15-21(16-18-22)25-30-23(19-11-7-5-8-12-19)29-24(31-25)20-13-9-6-10-14-20/h5-18H,1-4H3/i5D,6D,7D,8D,9D,10D,11D,12D,13D,14D. The molecule has 0 amide bonds. The molecule has 0 aliphatic carbocycles. The molecule has 5 rings (SSSR count). The minimum Gasteiger partial charge on any atom is -0.399 e. The molecular formula is C27H26BN3O2. The number of aromatic nitrogens is 3. The van der Waals surface area contributed by atoms with Gasteiger partial charge in [-0.25, -0.2) is 15.0 Å². The van der Waals surface area contributed by atoms with Crippen LogP contribution < -0.4 is 5.46 Å². The van der Waals surface area contributed by atoms with Crippen molar-refractivity contribution in [3.8, 4) is 34.2 Å². The van der Waals surface area contributed by atoms with E-state index in [1.54, 1.807) is 24.3 Å². The number of nitrogens with zero attached hydrogens (tertiary/aromatic N) is 3. The maximum absolute atomic E-state index is 8.43. The fourth-order valence-electron chi connectivity index (χ4n) is 3.22. The quantitative estimate of drug-likeness (QED) is 0.406. The number of benzene rings is 3. The predicted octanol–water partition coefficient (Wildman–Crippen LogP) is 5.17. The first-order chi connectivity index (χ1) is 20.0. The molecule has 164 valence electrons. The van der Waals surface area contributed by atoms with Crippen LogP contribution in [0.5, 0.6) is 0 Å². The Bertz CT molecular complexity index is 1640. The van der Waals surface area contributed by atoms with Gasteiger partial charge in [0.05, 0.1) is 24.9 Å². The van der Waals surface area contributed by atoms with E-state index < -0.39 is 78.7 Å². The minimum absolute atomic E-state index is 0.0147. The normalized spacial score (nSPS) is 20.9. The SMILES string of the molecule is [2H]c1c([2H])c([2H])c(-c2nc(-c3ccc(B4OC(C)(C)C(C)(C)O4)cc3)nc(-c3c([2H])c([2H])c([2H])c([2H])c3[2H])n2)c([2H])c1[2H]. The van der Waals surface area contributed by atoms with Gasteiger partial charge in [0.1, 0.15) is 0 Å². The summed E-state index contributed by atoms with van der Waals surface area (Å²) in [6, 6.07) is 0.974. The Labute approximate surface area is 209 Å². The molecule has 0 bridgehead atoms. The van der Waals surface area contributed by atoms with Crippen molar-refractivity contribution in [3.63, 3.8) is 0 Å². The number of hydrogen-bond donors (Lipinski definition) is 0. The lowest BCUT2D eigenvalue weighted by atomic mass is 9.79. The van der Waals surface area contributed by atoms with Gasteiger partial charge in [-0.1, -0.05) is 84.7 Å². The molecule has 6 heteroatoms. The van der Waals surface area contributed by atoms with Crippen molar-refractivity contribution < 1.29 is 23.0 Å². The van der Waals surface area contributed by atoms with E-state index in [0.717, 1.165) is 0 Å². The van der Waals surface area contributed by atoms with Crippen LogP contribution in [-0.2, 0) is 9.31 Å². The zero-order valence-corrected chi connectivity index (χ0v) is 18.5. The molecule has 3 aromatic carbocycles. The summed E-state index contributed by atoms with van der Waals surface area (Å²) in [5.74, 6) is -0.656. The van der Waals surface area contributed by atoms with Crippen LogP contribution in [0, 0.1) is 0 Å². The third kappa shape index (κ3) is 4.20. The summed E-state index contributed by atoms with van der Waals surface area (Å²) < 4.78 is 94.2. The highest BCUT2D eigenvalue weighted by Crippen LogP contribution is 2.36. The largest absolute Gasteiger partial charge is 0.494 e. The first kappa shape index (κ1) is 12.8. The van der Waals surface area contributed by atoms with Crippen LogP contribution in [0.4, 0.5) is 0 Å². The molecule has 2 heterocycles. The van der Waals surface area contributed by atoms with Gasteiger partial charge in [-0.05, 0) is 33.2 Å². The molecule has 0 saturated carbocycles. The first-order valence-corrected chi connectivity index (χ1v) is 10.3. The molecule has 1 aromatic heterocycles. The van der Waals surface area contributed by atoms with E-state index in [-0.39, 0.29) is 28.6 Å². The highest BCUT2D eigenvalue weighted by Gasteiger charge is 2.51. The predicted molar refractivity (Wildman–Crippen MR) is 132 cm³/mol. The summed E-state index contributed by atoms with van der Waals surface area (Å²) in [5, 5.41) is 0. The lowest BCUT2D eigenvalue weighted by Gasteiger charge is -2.32. The van der Waals surface area contributed by atoms with Crippen LogP contribution in [0.1, 0.15) is 41.4 Å². The van der Waals surface area contributed by atoms with E-state index in [0.29, 0.717) is 11.0 Å². The second-order valence-corrected chi connectivity index (χ2v) is 8.52. The van der Waals surface area contributed by atoms with Crippen LogP contribution in [0.25, 0.3) is 34.2 Å². The molecule has 0 atom stereocenters. The lowest BCUT2D eigenvalue weighted by molar-refractivity contribution is 0.00578. The molecule has 1 saturated heterocycles. The average Bonchev–Trinajstić information content (AvgIpc) is 3.19. The second kappa shape index (κ2) is 8.21. The van der Waals surface area contributed by atoms with Gasteiger partial charge in [0.25, 0.3) is 0 Å². The van der Waals surface area contributed by atoms with Crippen molar-refractivity contribution >= 4 is 12.6 Å². The molecule has 1 aliphatic rings. The van der Waals surface area contributed by atoms with Crippen molar-refractivity contribution in [2.24, 2.45) is 0 Å². The Morgan fingerprint density at radius 2 is 1.00 bits per heavy atom. The second-order valence-electron chi connectivity index (χ2n) is 8.52. The highest BCUT2D eigenvalue weighted by molar-refractivity contribution is 6.62. The van der Waals surface area contributed by atoms with E-state index in [2.05, 4.69) is 15.0 Å². The van der Waals surface area contributed by atoms with Gasteiger partial charge >= 0.3 is 7.12 Å². The Balaban J connectivity index is 1.72. The van der Waals surface area contributed by atoms with Gasteiger partial charge in [0.2, 0.25) is 0 Å². The Hall–Kier alpha value is -3.35. The first-order valence-electron chi connectivity index (χ1n) is 15.3. The summed E-state index contributed by atoms with van der Waals surface area (Å²) in [4.78, 5) is 13.1. The van der Waals surface area contributed by atoms with Crippen LogP contribution >= 0.6 is 0 Å². The lowest BCUT2D eigenvalue weighted by Crippen LogP contribution is -2.41. The molecule has 0 radical (unpaired) electrons. The zero-order chi connectivity index (χ0) is 31.8. The van der Waals surface area contributed by atoms with E-state index in [1.807, 2.05) is 27.7 Å². The van der Waals surface area contributed by atoms with Crippen molar-refractivity contribution in [2.75, 3.05) is 0 Å². The van der Waals surface area contributed by atoms with Crippen LogP contribution in [-0.4, -0.2) is 33.3 Å². The van der Waals surface area contributed by atoms with E-state index in [4.69, 9.17) is 23.0 Å². The Morgan fingerprint density at radius 1 is 0.606 bits per heavy atom. The Kier molecular flexibility index (Phi) is 3.18. The molecule has 4 aromatic rings. The third-order valence-corrected chi connectivity index (χ3v) is 5.78. The van der Waals surface area contributed by atoms with Gasteiger partial charge in [-0.3, -0.25) is 0 Å². The molecule has 0 spiro atoms. The molecule has 1 fully saturated rings. The maximum Gasteiger partial charge on any atom is 0.494 e. The fourth-order valence-corrected chi connectivity index (χ4v) is 3.22. The number of hydrogen-bond acceptors (Lipinski definition) is 5. The summed E-state index contributed by atoms with van der Waals surface area (Å²) in [5.41, 5.74) is -0.614. The molecule has 0 N–H and O–H groups in total. The summed E-state index contributed by atoms with van der Waals surface area (Å²) in [7, 11) is -0.638.